The van der Waals surface area contributed by atoms with Gasteiger partial charge < -0.3 is 10.0 Å². The van der Waals surface area contributed by atoms with Gasteiger partial charge in [0.1, 0.15) is 0 Å². The molecule has 2 atom stereocenters. The van der Waals surface area contributed by atoms with Crippen LogP contribution in [-0.2, 0) is 0 Å². The quantitative estimate of drug-likeness (QED) is 0.642. The van der Waals surface area contributed by atoms with Crippen molar-refractivity contribution in [2.24, 2.45) is 17.7 Å². The standard InChI is InChI=1S/C11H23N3O/c1-11(2,15)3-4-13-5-9-7-14(12)8-10(9)6-13/h9-10,15H,3-8,12H2,1-2H3/t9-,10+. The highest BCUT2D eigenvalue weighted by molar-refractivity contribution is 4.91. The maximum absolute atomic E-state index is 9.67. The summed E-state index contributed by atoms with van der Waals surface area (Å²) in [4.78, 5) is 2.47. The van der Waals surface area contributed by atoms with Crippen LogP contribution in [0.3, 0.4) is 0 Å². The van der Waals surface area contributed by atoms with Crippen LogP contribution < -0.4 is 5.84 Å². The zero-order valence-electron chi connectivity index (χ0n) is 9.82. The van der Waals surface area contributed by atoms with Crippen molar-refractivity contribution in [3.8, 4) is 0 Å². The normalized spacial score (nSPS) is 33.6. The molecule has 0 bridgehead atoms. The number of likely N-dealkylation sites (tertiary alicyclic amines) is 1. The number of nitrogens with zero attached hydrogens (tertiary/aromatic N) is 2. The van der Waals surface area contributed by atoms with Gasteiger partial charge in [-0.05, 0) is 32.1 Å². The molecule has 2 aliphatic rings. The molecule has 0 aromatic rings. The van der Waals surface area contributed by atoms with Crippen molar-refractivity contribution in [2.75, 3.05) is 32.7 Å². The SMILES string of the molecule is CC(C)(O)CCN1C[C@H]2CN(N)C[C@H]2C1. The minimum Gasteiger partial charge on any atom is -0.390 e. The molecule has 15 heavy (non-hydrogen) atoms. The molecule has 2 saturated heterocycles. The molecule has 2 heterocycles. The molecule has 0 amide bonds. The Labute approximate surface area is 92.0 Å². The van der Waals surface area contributed by atoms with Crippen molar-refractivity contribution in [3.63, 3.8) is 0 Å². The Bertz CT molecular complexity index is 212. The van der Waals surface area contributed by atoms with Crippen molar-refractivity contribution >= 4 is 0 Å². The minimum atomic E-state index is -0.530. The van der Waals surface area contributed by atoms with Gasteiger partial charge in [-0.1, -0.05) is 0 Å². The number of hydrazine groups is 1. The summed E-state index contributed by atoms with van der Waals surface area (Å²) in [6.07, 6.45) is 0.860. The lowest BCUT2D eigenvalue weighted by Gasteiger charge is -2.23. The van der Waals surface area contributed by atoms with Crippen LogP contribution in [0.15, 0.2) is 0 Å². The highest BCUT2D eigenvalue weighted by atomic mass is 16.3. The van der Waals surface area contributed by atoms with E-state index in [0.717, 1.165) is 51.0 Å². The molecule has 0 radical (unpaired) electrons. The Morgan fingerprint density at radius 3 is 2.20 bits per heavy atom. The molecular weight excluding hydrogens is 190 g/mol. The minimum absolute atomic E-state index is 0.530. The molecule has 0 aromatic heterocycles. The molecule has 3 N–H and O–H groups in total. The molecule has 4 nitrogen and oxygen atoms in total. The summed E-state index contributed by atoms with van der Waals surface area (Å²) in [7, 11) is 0. The van der Waals surface area contributed by atoms with Crippen molar-refractivity contribution in [2.45, 2.75) is 25.9 Å². The molecule has 0 spiro atoms. The highest BCUT2D eigenvalue weighted by Crippen LogP contribution is 2.29. The van der Waals surface area contributed by atoms with Crippen LogP contribution in [0.4, 0.5) is 0 Å². The van der Waals surface area contributed by atoms with Gasteiger partial charge in [0.15, 0.2) is 0 Å². The lowest BCUT2D eigenvalue weighted by atomic mass is 10.0. The predicted molar refractivity (Wildman–Crippen MR) is 60.1 cm³/mol. The second kappa shape index (κ2) is 4.01. The van der Waals surface area contributed by atoms with E-state index >= 15 is 0 Å². The summed E-state index contributed by atoms with van der Waals surface area (Å²) < 4.78 is 0. The lowest BCUT2D eigenvalue weighted by Crippen LogP contribution is -2.35. The average molecular weight is 213 g/mol. The maximum Gasteiger partial charge on any atom is 0.0603 e. The molecule has 0 saturated carbocycles. The summed E-state index contributed by atoms with van der Waals surface area (Å²) in [6, 6.07) is 0. The van der Waals surface area contributed by atoms with Gasteiger partial charge in [0.2, 0.25) is 0 Å². The first-order chi connectivity index (χ1) is 6.94. The third kappa shape index (κ3) is 2.91. The number of hydrogen-bond acceptors (Lipinski definition) is 4. The largest absolute Gasteiger partial charge is 0.390 e. The van der Waals surface area contributed by atoms with Gasteiger partial charge >= 0.3 is 0 Å². The van der Waals surface area contributed by atoms with E-state index in [4.69, 9.17) is 5.84 Å². The van der Waals surface area contributed by atoms with E-state index in [1.54, 1.807) is 0 Å². The van der Waals surface area contributed by atoms with Gasteiger partial charge in [-0.15, -0.1) is 0 Å². The molecule has 0 unspecified atom stereocenters. The van der Waals surface area contributed by atoms with E-state index in [2.05, 4.69) is 4.90 Å². The predicted octanol–water partition coefficient (Wildman–Crippen LogP) is -0.115. The van der Waals surface area contributed by atoms with E-state index in [-0.39, 0.29) is 0 Å². The first kappa shape index (κ1) is 11.3. The van der Waals surface area contributed by atoms with Crippen LogP contribution in [0.5, 0.6) is 0 Å². The third-order valence-electron chi connectivity index (χ3n) is 3.63. The summed E-state index contributed by atoms with van der Waals surface area (Å²) >= 11 is 0. The topological polar surface area (TPSA) is 52.7 Å². The molecule has 0 aromatic carbocycles. The summed E-state index contributed by atoms with van der Waals surface area (Å²) in [6.45, 7) is 9.19. The average Bonchev–Trinajstić information content (AvgIpc) is 2.55. The van der Waals surface area contributed by atoms with Crippen molar-refractivity contribution in [3.05, 3.63) is 0 Å². The van der Waals surface area contributed by atoms with Crippen LogP contribution >= 0.6 is 0 Å². The highest BCUT2D eigenvalue weighted by Gasteiger charge is 2.38. The molecule has 0 aliphatic carbocycles. The number of fused-ring (bicyclic) bond motifs is 1. The Morgan fingerprint density at radius 2 is 1.73 bits per heavy atom. The van der Waals surface area contributed by atoms with Crippen molar-refractivity contribution in [1.82, 2.24) is 9.91 Å². The molecule has 88 valence electrons. The van der Waals surface area contributed by atoms with Crippen LogP contribution in [0.2, 0.25) is 0 Å². The Kier molecular flexibility index (Phi) is 3.03. The molecular formula is C11H23N3O. The zero-order valence-corrected chi connectivity index (χ0v) is 9.82. The molecule has 2 rings (SSSR count). The lowest BCUT2D eigenvalue weighted by molar-refractivity contribution is 0.0591. The Morgan fingerprint density at radius 1 is 1.20 bits per heavy atom. The Balaban J connectivity index is 1.75. The van der Waals surface area contributed by atoms with Gasteiger partial charge in [-0.25, -0.2) is 5.01 Å². The zero-order chi connectivity index (χ0) is 11.1. The van der Waals surface area contributed by atoms with Gasteiger partial charge in [0.25, 0.3) is 0 Å². The number of rotatable bonds is 3. The molecule has 4 heteroatoms. The number of nitrogens with two attached hydrogens (primary N) is 1. The summed E-state index contributed by atoms with van der Waals surface area (Å²) in [5, 5.41) is 11.6. The third-order valence-corrected chi connectivity index (χ3v) is 3.63. The van der Waals surface area contributed by atoms with E-state index in [0.29, 0.717) is 0 Å². The monoisotopic (exact) mass is 213 g/mol. The van der Waals surface area contributed by atoms with Crippen LogP contribution in [0.25, 0.3) is 0 Å². The number of aliphatic hydroxyl groups is 1. The van der Waals surface area contributed by atoms with Crippen molar-refractivity contribution < 1.29 is 5.11 Å². The molecule has 2 aliphatic heterocycles. The maximum atomic E-state index is 9.67. The Hall–Kier alpha value is -0.160. The van der Waals surface area contributed by atoms with Gasteiger partial charge in [-0.3, -0.25) is 5.84 Å². The van der Waals surface area contributed by atoms with Crippen LogP contribution in [-0.4, -0.2) is 53.3 Å². The first-order valence-electron chi connectivity index (χ1n) is 5.88. The fourth-order valence-electron chi connectivity index (χ4n) is 2.74. The van der Waals surface area contributed by atoms with E-state index in [9.17, 15) is 5.11 Å². The second-order valence-electron chi connectivity index (χ2n) is 5.80. The van der Waals surface area contributed by atoms with E-state index in [1.807, 2.05) is 18.9 Å². The fraction of sp³-hybridized carbons (Fsp3) is 1.00. The van der Waals surface area contributed by atoms with Gasteiger partial charge in [0, 0.05) is 32.7 Å². The van der Waals surface area contributed by atoms with E-state index < -0.39 is 5.60 Å². The van der Waals surface area contributed by atoms with Crippen molar-refractivity contribution in [1.29, 1.82) is 0 Å². The van der Waals surface area contributed by atoms with Crippen LogP contribution in [0.1, 0.15) is 20.3 Å². The molecule has 2 fully saturated rings. The van der Waals surface area contributed by atoms with Gasteiger partial charge in [-0.2, -0.15) is 0 Å². The summed E-state index contributed by atoms with van der Waals surface area (Å²) in [5.41, 5.74) is -0.530. The van der Waals surface area contributed by atoms with E-state index in [1.165, 1.54) is 0 Å². The second-order valence-corrected chi connectivity index (χ2v) is 5.80. The summed E-state index contributed by atoms with van der Waals surface area (Å²) in [5.74, 6) is 7.31. The fourth-order valence-corrected chi connectivity index (χ4v) is 2.74. The van der Waals surface area contributed by atoms with Crippen LogP contribution in [0, 0.1) is 11.8 Å². The smallest absolute Gasteiger partial charge is 0.0603 e. The first-order valence-corrected chi connectivity index (χ1v) is 5.88. The van der Waals surface area contributed by atoms with Gasteiger partial charge in [0.05, 0.1) is 5.60 Å². The number of hydrogen-bond donors (Lipinski definition) is 2.